The maximum Gasteiger partial charge on any atom is 0.407 e. The number of ketones is 2. The molecule has 6 aromatic rings. The molecule has 2 heterocycles. The van der Waals surface area contributed by atoms with Crippen molar-refractivity contribution in [2.45, 2.75) is 57.8 Å². The van der Waals surface area contributed by atoms with E-state index in [1.54, 1.807) is 43.7 Å². The highest BCUT2D eigenvalue weighted by molar-refractivity contribution is 7.90. The van der Waals surface area contributed by atoms with E-state index in [0.29, 0.717) is 29.0 Å². The lowest BCUT2D eigenvalue weighted by Gasteiger charge is -2.20. The highest BCUT2D eigenvalue weighted by Crippen LogP contribution is 2.40. The molecule has 4 aromatic carbocycles. The van der Waals surface area contributed by atoms with Gasteiger partial charge in [-0.3, -0.25) is 9.59 Å². The fraction of sp³-hybridized carbons (Fsp3) is 0.205. The van der Waals surface area contributed by atoms with E-state index in [2.05, 4.69) is 5.32 Å². The van der Waals surface area contributed by atoms with E-state index in [1.807, 2.05) is 91.9 Å². The molecule has 10 nitrogen and oxygen atoms in total. The summed E-state index contributed by atoms with van der Waals surface area (Å²) < 4.78 is 42.7. The van der Waals surface area contributed by atoms with E-state index in [4.69, 9.17) is 9.47 Å². The first-order valence-electron chi connectivity index (χ1n) is 18.0. The zero-order valence-electron chi connectivity index (χ0n) is 31.0. The SMILES string of the molecule is Cc1ccc(S(=O)(=O)n2cc(CCNC(=O)OC(C)(C)C)c3c2C(=O)c2c(c(-c4ccc(OCc5ccccc5)cc4)cn2Cc2ccccc2)C3=O)cc1. The van der Waals surface area contributed by atoms with E-state index in [0.717, 1.165) is 20.7 Å². The van der Waals surface area contributed by atoms with Crippen LogP contribution in [0.3, 0.4) is 0 Å². The van der Waals surface area contributed by atoms with Crippen LogP contribution in [-0.2, 0) is 34.3 Å². The van der Waals surface area contributed by atoms with Crippen LogP contribution in [0.5, 0.6) is 5.75 Å². The molecule has 7 rings (SSSR count). The number of benzene rings is 4. The minimum atomic E-state index is -4.34. The summed E-state index contributed by atoms with van der Waals surface area (Å²) in [7, 11) is -4.34. The first kappa shape index (κ1) is 37.1. The summed E-state index contributed by atoms with van der Waals surface area (Å²) in [5, 5.41) is 2.69. The smallest absolute Gasteiger partial charge is 0.407 e. The summed E-state index contributed by atoms with van der Waals surface area (Å²) in [5.41, 5.74) is 3.56. The molecular weight excluding hydrogens is 715 g/mol. The third-order valence-electron chi connectivity index (χ3n) is 9.26. The van der Waals surface area contributed by atoms with Gasteiger partial charge >= 0.3 is 6.09 Å². The summed E-state index contributed by atoms with van der Waals surface area (Å²) in [5.74, 6) is -0.453. The number of aryl methyl sites for hydroxylation is 1. The average Bonchev–Trinajstić information content (AvgIpc) is 3.74. The largest absolute Gasteiger partial charge is 0.489 e. The molecule has 0 bridgehead atoms. The van der Waals surface area contributed by atoms with Crippen molar-refractivity contribution >= 4 is 27.7 Å². The van der Waals surface area contributed by atoms with Gasteiger partial charge in [0.2, 0.25) is 5.78 Å². The Balaban J connectivity index is 1.33. The minimum Gasteiger partial charge on any atom is -0.489 e. The summed E-state index contributed by atoms with van der Waals surface area (Å²) in [6.07, 6.45) is 2.51. The number of hydrogen-bond acceptors (Lipinski definition) is 7. The quantitative estimate of drug-likeness (QED) is 0.142. The Hall–Kier alpha value is -6.20. The average molecular weight is 756 g/mol. The first-order chi connectivity index (χ1) is 26.3. The van der Waals surface area contributed by atoms with Gasteiger partial charge in [-0.15, -0.1) is 0 Å². The van der Waals surface area contributed by atoms with Crippen LogP contribution in [0.1, 0.15) is 75.1 Å². The van der Waals surface area contributed by atoms with Crippen molar-refractivity contribution in [3.63, 3.8) is 0 Å². The molecule has 0 unspecified atom stereocenters. The lowest BCUT2D eigenvalue weighted by Crippen LogP contribution is -2.33. The normalized spacial score (nSPS) is 12.6. The molecule has 0 saturated heterocycles. The van der Waals surface area contributed by atoms with Gasteiger partial charge in [0.15, 0.2) is 5.78 Å². The molecule has 0 aliphatic heterocycles. The van der Waals surface area contributed by atoms with Gasteiger partial charge in [-0.2, -0.15) is 0 Å². The Bertz CT molecular complexity index is 2490. The topological polar surface area (TPSA) is 126 Å². The van der Waals surface area contributed by atoms with Crippen LogP contribution in [0.2, 0.25) is 0 Å². The van der Waals surface area contributed by atoms with Gasteiger partial charge in [0.1, 0.15) is 29.3 Å². The number of fused-ring (bicyclic) bond motifs is 2. The van der Waals surface area contributed by atoms with Crippen molar-refractivity contribution in [3.05, 3.63) is 166 Å². The van der Waals surface area contributed by atoms with Gasteiger partial charge in [0.05, 0.1) is 16.0 Å². The van der Waals surface area contributed by atoms with E-state index in [-0.39, 0.29) is 46.9 Å². The van der Waals surface area contributed by atoms with E-state index in [1.165, 1.54) is 18.3 Å². The van der Waals surface area contributed by atoms with Gasteiger partial charge in [-0.1, -0.05) is 90.5 Å². The van der Waals surface area contributed by atoms with Gasteiger partial charge in [-0.25, -0.2) is 17.2 Å². The molecule has 280 valence electrons. The fourth-order valence-corrected chi connectivity index (χ4v) is 8.07. The summed E-state index contributed by atoms with van der Waals surface area (Å²) in [6.45, 7) is 7.74. The number of rotatable bonds is 11. The maximum absolute atomic E-state index is 15.0. The van der Waals surface area contributed by atoms with Crippen LogP contribution in [0.25, 0.3) is 11.1 Å². The summed E-state index contributed by atoms with van der Waals surface area (Å²) in [4.78, 5) is 42.4. The predicted molar refractivity (Wildman–Crippen MR) is 209 cm³/mol. The van der Waals surface area contributed by atoms with Gasteiger partial charge < -0.3 is 19.4 Å². The highest BCUT2D eigenvalue weighted by atomic mass is 32.2. The number of nitrogens with one attached hydrogen (secondary N) is 1. The van der Waals surface area contributed by atoms with Crippen LogP contribution in [0.15, 0.2) is 126 Å². The van der Waals surface area contributed by atoms with E-state index >= 15 is 0 Å². The summed E-state index contributed by atoms with van der Waals surface area (Å²) in [6, 6.07) is 32.9. The zero-order chi connectivity index (χ0) is 38.9. The second kappa shape index (κ2) is 14.9. The Kier molecular flexibility index (Phi) is 10.1. The fourth-order valence-electron chi connectivity index (χ4n) is 6.68. The predicted octanol–water partition coefficient (Wildman–Crippen LogP) is 7.97. The molecule has 1 aliphatic rings. The molecule has 0 fully saturated rings. The monoisotopic (exact) mass is 755 g/mol. The number of amides is 1. The standard InChI is InChI=1S/C44H41N3O7S/c1-29-15-21-35(22-16-29)55(51,52)47-26-33(23-24-45-43(50)54-44(2,3)4)37-40(47)42(49)39-38(41(37)48)36(27-46(39)25-30-11-7-5-8-12-30)32-17-19-34(20-18-32)53-28-31-13-9-6-10-14-31/h5-22,26-27H,23-25,28H2,1-4H3,(H,45,50). The molecule has 11 heteroatoms. The highest BCUT2D eigenvalue weighted by Gasteiger charge is 2.42. The Morgan fingerprint density at radius 3 is 2.02 bits per heavy atom. The molecule has 1 amide bonds. The number of ether oxygens (including phenoxy) is 2. The Morgan fingerprint density at radius 2 is 1.38 bits per heavy atom. The van der Waals surface area contributed by atoms with Crippen molar-refractivity contribution in [3.8, 4) is 16.9 Å². The maximum atomic E-state index is 15.0. The Labute approximate surface area is 320 Å². The van der Waals surface area contributed by atoms with Gasteiger partial charge in [-0.05, 0) is 80.6 Å². The lowest BCUT2D eigenvalue weighted by molar-refractivity contribution is 0.0528. The second-order valence-electron chi connectivity index (χ2n) is 14.5. The van der Waals surface area contributed by atoms with Crippen LogP contribution in [0, 0.1) is 6.92 Å². The Morgan fingerprint density at radius 1 is 0.745 bits per heavy atom. The molecule has 0 saturated carbocycles. The summed E-state index contributed by atoms with van der Waals surface area (Å²) >= 11 is 0. The van der Waals surface area contributed by atoms with Gasteiger partial charge in [0, 0.05) is 31.0 Å². The molecule has 2 aromatic heterocycles. The third kappa shape index (κ3) is 7.74. The van der Waals surface area contributed by atoms with Crippen molar-refractivity contribution in [2.24, 2.45) is 0 Å². The zero-order valence-corrected chi connectivity index (χ0v) is 31.9. The second-order valence-corrected chi connectivity index (χ2v) is 16.3. The van der Waals surface area contributed by atoms with Crippen molar-refractivity contribution in [1.29, 1.82) is 0 Å². The molecule has 1 N–H and O–H groups in total. The molecule has 0 radical (unpaired) electrons. The molecule has 0 spiro atoms. The van der Waals surface area contributed by atoms with Crippen molar-refractivity contribution in [2.75, 3.05) is 6.54 Å². The number of alkyl carbamates (subject to hydrolysis) is 1. The van der Waals surface area contributed by atoms with Gasteiger partial charge in [0.25, 0.3) is 10.0 Å². The van der Waals surface area contributed by atoms with Crippen LogP contribution in [-0.4, -0.2) is 46.8 Å². The molecule has 55 heavy (non-hydrogen) atoms. The molecule has 1 aliphatic carbocycles. The van der Waals surface area contributed by atoms with Crippen molar-refractivity contribution in [1.82, 2.24) is 13.9 Å². The number of hydrogen-bond donors (Lipinski definition) is 1. The minimum absolute atomic E-state index is 0.0132. The van der Waals surface area contributed by atoms with Crippen LogP contribution >= 0.6 is 0 Å². The molecular formula is C44H41N3O7S. The number of carbonyl (C=O) groups is 3. The third-order valence-corrected chi connectivity index (χ3v) is 10.9. The first-order valence-corrected chi connectivity index (χ1v) is 19.4. The number of carbonyl (C=O) groups excluding carboxylic acids is 3. The van der Waals surface area contributed by atoms with E-state index in [9.17, 15) is 22.8 Å². The van der Waals surface area contributed by atoms with Crippen molar-refractivity contribution < 1.29 is 32.3 Å². The molecule has 0 atom stereocenters. The van der Waals surface area contributed by atoms with E-state index < -0.39 is 33.3 Å². The number of aromatic nitrogens is 2. The number of nitrogens with zero attached hydrogens (tertiary/aromatic N) is 2. The van der Waals surface area contributed by atoms with Crippen LogP contribution in [0.4, 0.5) is 4.79 Å². The lowest BCUT2D eigenvalue weighted by atomic mass is 9.86. The van der Waals surface area contributed by atoms with Crippen LogP contribution < -0.4 is 10.1 Å².